The molecule has 3 aliphatic heterocycles. The maximum Gasteiger partial charge on any atom is 0.329 e. The quantitative estimate of drug-likeness (QED) is 0.0130. The number of aromatic nitrogens is 1. The standard InChI is InChI=1S/C52H73N13O15S/c1-6-26(4)41(54)49(76)64-22-19-36(79-40(70)8-3)42(64)37(24-39(68)69)80-50(77)31(17-18-38(53)67)60-44(72)33-25-81-46(61-33)35-12-10-21-63(35)47(74)30(11-9-20-57-51(55)56)59-43(71)27(5)58-45(73)34(7-2)65-48(75)32(62-52(65)78)23-28-13-15-29(66)16-14-28/h7,13-16,25-27,30-32,35-37,41-42,66H,6,8-12,17-24,54H2,1-5H3,(H2,53,67)(H,58,73)(H,59,71)(H,60,72)(H,62,78)(H,68,69)(H4,55,56,57)/b34-7-/t26?,27-,30+,31+,32+,35+,36?,37?,41+,42?/m1/s1. The normalized spacial score (nSPS) is 20.2. The summed E-state index contributed by atoms with van der Waals surface area (Å²) in [5, 5.41) is 31.6. The van der Waals surface area contributed by atoms with Crippen LogP contribution < -0.4 is 44.2 Å². The van der Waals surface area contributed by atoms with Gasteiger partial charge >= 0.3 is 23.9 Å². The number of allylic oxidation sites excluding steroid dienone is 1. The molecule has 0 aliphatic carbocycles. The highest BCUT2D eigenvalue weighted by Gasteiger charge is 2.49. The van der Waals surface area contributed by atoms with Crippen LogP contribution in [0.4, 0.5) is 4.79 Å². The van der Waals surface area contributed by atoms with Gasteiger partial charge in [0.1, 0.15) is 64.6 Å². The molecule has 4 unspecified atom stereocenters. The third kappa shape index (κ3) is 16.9. The first-order valence-electron chi connectivity index (χ1n) is 26.7. The molecule has 2 aromatic rings. The number of carbonyl (C=O) groups excluding carboxylic acids is 10. The Balaban J connectivity index is 1.31. The Hall–Kier alpha value is -8.21. The van der Waals surface area contributed by atoms with Crippen LogP contribution in [0.3, 0.4) is 0 Å². The molecule has 14 N–H and O–H groups in total. The van der Waals surface area contributed by atoms with Gasteiger partial charge in [0, 0.05) is 50.7 Å². The number of imide groups is 1. The summed E-state index contributed by atoms with van der Waals surface area (Å²) >= 11 is 1.02. The number of nitrogens with zero attached hydrogens (tertiary/aromatic N) is 5. The van der Waals surface area contributed by atoms with E-state index in [0.717, 1.165) is 11.3 Å². The van der Waals surface area contributed by atoms with Crippen LogP contribution in [0.1, 0.15) is 126 Å². The largest absolute Gasteiger partial charge is 0.508 e. The van der Waals surface area contributed by atoms with Gasteiger partial charge in [-0.3, -0.25) is 48.1 Å². The first-order valence-corrected chi connectivity index (χ1v) is 27.5. The second-order valence-electron chi connectivity index (χ2n) is 19.9. The zero-order valence-electron chi connectivity index (χ0n) is 45.8. The molecule has 29 heteroatoms. The van der Waals surface area contributed by atoms with Gasteiger partial charge in [0.2, 0.25) is 23.6 Å². The third-order valence-corrected chi connectivity index (χ3v) is 15.1. The first kappa shape index (κ1) is 63.6. The van der Waals surface area contributed by atoms with Crippen LogP contribution in [-0.4, -0.2) is 169 Å². The number of hydrogen-bond acceptors (Lipinski definition) is 18. The maximum absolute atomic E-state index is 14.5. The second-order valence-corrected chi connectivity index (χ2v) is 20.8. The van der Waals surface area contributed by atoms with Crippen LogP contribution in [-0.2, 0) is 59.0 Å². The number of rotatable bonds is 28. The number of likely N-dealkylation sites (tertiary alicyclic amines) is 2. The Kier molecular flexibility index (Phi) is 23.0. The van der Waals surface area contributed by atoms with Gasteiger partial charge in [-0.2, -0.15) is 0 Å². The fourth-order valence-electron chi connectivity index (χ4n) is 9.51. The molecule has 5 rings (SSSR count). The molecule has 3 saturated heterocycles. The van der Waals surface area contributed by atoms with Crippen LogP contribution in [0, 0.1) is 5.92 Å². The zero-order chi connectivity index (χ0) is 59.8. The highest BCUT2D eigenvalue weighted by molar-refractivity contribution is 7.10. The number of carbonyl (C=O) groups is 11. The van der Waals surface area contributed by atoms with E-state index in [-0.39, 0.29) is 80.8 Å². The summed E-state index contributed by atoms with van der Waals surface area (Å²) in [5.41, 5.74) is 22.9. The van der Waals surface area contributed by atoms with Crippen LogP contribution in [0.15, 0.2) is 46.4 Å². The molecule has 9 amide bonds. The molecule has 442 valence electrons. The molecular formula is C52H73N13O15S. The number of phenols is 1. The average Bonchev–Trinajstić information content (AvgIpc) is 4.29. The number of ether oxygens (including phenoxy) is 2. The van der Waals surface area contributed by atoms with E-state index in [1.54, 1.807) is 26.0 Å². The molecule has 81 heavy (non-hydrogen) atoms. The van der Waals surface area contributed by atoms with E-state index < -0.39 is 139 Å². The molecule has 10 atom stereocenters. The van der Waals surface area contributed by atoms with E-state index in [9.17, 15) is 63.0 Å². The lowest BCUT2D eigenvalue weighted by Crippen LogP contribution is -2.56. The van der Waals surface area contributed by atoms with Crippen molar-refractivity contribution in [3.05, 3.63) is 57.7 Å². The topological polar surface area (TPSA) is 434 Å². The molecule has 0 radical (unpaired) electrons. The van der Waals surface area contributed by atoms with Crippen molar-refractivity contribution < 1.29 is 72.4 Å². The Labute approximate surface area is 471 Å². The van der Waals surface area contributed by atoms with E-state index in [1.807, 2.05) is 6.92 Å². The number of phenolic OH excluding ortho intramolecular Hbond substituents is 1. The van der Waals surface area contributed by atoms with Gasteiger partial charge < -0.3 is 73.7 Å². The molecule has 0 saturated carbocycles. The predicted molar refractivity (Wildman–Crippen MR) is 290 cm³/mol. The number of nitrogens with one attached hydrogen (secondary N) is 4. The Morgan fingerprint density at radius 3 is 2.27 bits per heavy atom. The summed E-state index contributed by atoms with van der Waals surface area (Å²) in [6.45, 7) is 8.18. The number of guanidine groups is 1. The van der Waals surface area contributed by atoms with Crippen molar-refractivity contribution in [1.29, 1.82) is 0 Å². The van der Waals surface area contributed by atoms with Crippen LogP contribution in [0.5, 0.6) is 5.75 Å². The minimum Gasteiger partial charge on any atom is -0.508 e. The summed E-state index contributed by atoms with van der Waals surface area (Å²) in [6.07, 6.45) is -1.49. The number of amides is 9. The number of primary amides is 1. The molecule has 0 spiro atoms. The highest BCUT2D eigenvalue weighted by atomic mass is 32.1. The van der Waals surface area contributed by atoms with E-state index in [2.05, 4.69) is 31.2 Å². The zero-order valence-corrected chi connectivity index (χ0v) is 46.6. The van der Waals surface area contributed by atoms with Crippen molar-refractivity contribution in [2.45, 2.75) is 160 Å². The fourth-order valence-corrected chi connectivity index (χ4v) is 10.5. The van der Waals surface area contributed by atoms with Crippen molar-refractivity contribution in [3.8, 4) is 5.75 Å². The van der Waals surface area contributed by atoms with Gasteiger partial charge in [0.15, 0.2) is 5.96 Å². The number of urea groups is 1. The molecule has 3 aliphatic rings. The summed E-state index contributed by atoms with van der Waals surface area (Å²) in [4.78, 5) is 159. The smallest absolute Gasteiger partial charge is 0.329 e. The van der Waals surface area contributed by atoms with Crippen LogP contribution >= 0.6 is 11.3 Å². The minimum absolute atomic E-state index is 0.00780. The summed E-state index contributed by atoms with van der Waals surface area (Å²) in [5.74, 6) is -9.14. The monoisotopic (exact) mass is 1150 g/mol. The van der Waals surface area contributed by atoms with Crippen molar-refractivity contribution in [2.75, 3.05) is 19.6 Å². The van der Waals surface area contributed by atoms with Crippen molar-refractivity contribution in [2.24, 2.45) is 33.8 Å². The number of thiazole rings is 1. The van der Waals surface area contributed by atoms with Gasteiger partial charge in [-0.15, -0.1) is 11.3 Å². The van der Waals surface area contributed by atoms with Gasteiger partial charge in [0.05, 0.1) is 18.5 Å². The lowest BCUT2D eigenvalue weighted by molar-refractivity contribution is -0.167. The first-order chi connectivity index (χ1) is 38.4. The van der Waals surface area contributed by atoms with Gasteiger partial charge in [-0.25, -0.2) is 19.5 Å². The average molecular weight is 1150 g/mol. The van der Waals surface area contributed by atoms with Crippen molar-refractivity contribution in [1.82, 2.24) is 41.0 Å². The molecule has 28 nitrogen and oxygen atoms in total. The Morgan fingerprint density at radius 2 is 1.64 bits per heavy atom. The number of carboxylic acids is 1. The van der Waals surface area contributed by atoms with Gasteiger partial charge in [-0.1, -0.05) is 45.4 Å². The van der Waals surface area contributed by atoms with Crippen molar-refractivity contribution >= 4 is 82.6 Å². The number of benzene rings is 1. The SMILES string of the molecule is C/C=C(/C(=O)N[C@H](C)C(=O)N[C@@H](CCCN=C(N)N)C(=O)N1CCC[C@H]1c1nc(C(=O)N[C@@H](CCC(N)=O)C(=O)OC(CC(=O)O)C2C(OC(=O)CC)CCN2C(=O)[C@@H](N)C(C)CC)cs1)N1C(=O)N[C@@H](Cc2ccc(O)cc2)C1=O. The van der Waals surface area contributed by atoms with E-state index in [4.69, 9.17) is 32.4 Å². The lowest BCUT2D eigenvalue weighted by atomic mass is 9.97. The van der Waals surface area contributed by atoms with E-state index in [0.29, 0.717) is 34.7 Å². The number of aliphatic carboxylic acids is 1. The number of esters is 2. The summed E-state index contributed by atoms with van der Waals surface area (Å²) < 4.78 is 11.4. The molecule has 0 bridgehead atoms. The second kappa shape index (κ2) is 29.3. The maximum atomic E-state index is 14.5. The van der Waals surface area contributed by atoms with Gasteiger partial charge in [-0.05, 0) is 69.6 Å². The Bertz CT molecular complexity index is 2730. The summed E-state index contributed by atoms with van der Waals surface area (Å²) in [7, 11) is 0. The fraction of sp³-hybridized carbons (Fsp3) is 0.558. The molecule has 1 aromatic heterocycles. The van der Waals surface area contributed by atoms with Crippen LogP contribution in [0.25, 0.3) is 0 Å². The van der Waals surface area contributed by atoms with E-state index in [1.165, 1.54) is 47.2 Å². The number of hydrogen-bond donors (Lipinski definition) is 10. The number of carboxylic acid groups (broad SMARTS) is 1. The predicted octanol–water partition coefficient (Wildman–Crippen LogP) is -0.331. The van der Waals surface area contributed by atoms with Crippen molar-refractivity contribution in [3.63, 3.8) is 0 Å². The Morgan fingerprint density at radius 1 is 0.938 bits per heavy atom. The highest BCUT2D eigenvalue weighted by Crippen LogP contribution is 2.35. The van der Waals surface area contributed by atoms with Crippen LogP contribution in [0.2, 0.25) is 0 Å². The molecular weight excluding hydrogens is 1080 g/mol. The molecule has 1 aromatic carbocycles. The molecule has 3 fully saturated rings. The van der Waals surface area contributed by atoms with E-state index >= 15 is 0 Å². The summed E-state index contributed by atoms with van der Waals surface area (Å²) in [6, 6.07) is -3.08. The van der Waals surface area contributed by atoms with Gasteiger partial charge in [0.25, 0.3) is 17.7 Å². The number of nitrogens with two attached hydrogens (primary N) is 4. The third-order valence-electron chi connectivity index (χ3n) is 14.1. The lowest BCUT2D eigenvalue weighted by Gasteiger charge is -2.36. The number of aromatic hydroxyl groups is 1. The molecule has 4 heterocycles. The number of aliphatic imine (C=N–C) groups is 1. The minimum atomic E-state index is -1.63.